The van der Waals surface area contributed by atoms with Crippen molar-refractivity contribution in [3.8, 4) is 0 Å². The molecule has 2 aliphatic heterocycles. The van der Waals surface area contributed by atoms with E-state index in [9.17, 15) is 4.79 Å². The van der Waals surface area contributed by atoms with Crippen LogP contribution in [0.2, 0.25) is 0 Å². The highest BCUT2D eigenvalue weighted by Gasteiger charge is 2.28. The summed E-state index contributed by atoms with van der Waals surface area (Å²) < 4.78 is 5.20. The van der Waals surface area contributed by atoms with Crippen molar-refractivity contribution in [3.63, 3.8) is 0 Å². The molecule has 1 unspecified atom stereocenters. The number of benzene rings is 1. The van der Waals surface area contributed by atoms with E-state index in [4.69, 9.17) is 4.74 Å². The average Bonchev–Trinajstić information content (AvgIpc) is 2.95. The Morgan fingerprint density at radius 2 is 2.40 bits per heavy atom. The average molecular weight is 274 g/mol. The second kappa shape index (κ2) is 5.83. The van der Waals surface area contributed by atoms with E-state index in [2.05, 4.69) is 11.4 Å². The largest absolute Gasteiger partial charge is 0.384 e. The van der Waals surface area contributed by atoms with E-state index in [1.54, 1.807) is 7.11 Å². The van der Waals surface area contributed by atoms with Crippen LogP contribution in [0.1, 0.15) is 28.8 Å². The summed E-state index contributed by atoms with van der Waals surface area (Å²) in [6.45, 7) is 3.37. The van der Waals surface area contributed by atoms with E-state index >= 15 is 0 Å². The van der Waals surface area contributed by atoms with Crippen LogP contribution in [0, 0.1) is 5.92 Å². The Labute approximate surface area is 120 Å². The molecule has 1 aromatic rings. The van der Waals surface area contributed by atoms with Gasteiger partial charge in [0.15, 0.2) is 0 Å². The van der Waals surface area contributed by atoms with Crippen LogP contribution in [0.3, 0.4) is 0 Å². The maximum Gasteiger partial charge on any atom is 0.255 e. The number of methoxy groups -OCH3 is 1. The first kappa shape index (κ1) is 13.4. The number of hydrogen-bond donors (Lipinski definition) is 1. The Morgan fingerprint density at radius 3 is 3.25 bits per heavy atom. The fourth-order valence-corrected chi connectivity index (χ4v) is 3.25. The van der Waals surface area contributed by atoms with Crippen molar-refractivity contribution < 1.29 is 9.53 Å². The van der Waals surface area contributed by atoms with E-state index in [1.165, 1.54) is 5.56 Å². The number of nitrogens with zero attached hydrogens (tertiary/aromatic N) is 1. The molecular formula is C16H22N2O2. The zero-order chi connectivity index (χ0) is 13.9. The number of ether oxygens (including phenoxy) is 1. The lowest BCUT2D eigenvalue weighted by molar-refractivity contribution is 0.0776. The third-order valence-electron chi connectivity index (χ3n) is 4.28. The van der Waals surface area contributed by atoms with Gasteiger partial charge in [0.05, 0.1) is 17.9 Å². The zero-order valence-electron chi connectivity index (χ0n) is 12.0. The first-order valence-corrected chi connectivity index (χ1v) is 7.43. The van der Waals surface area contributed by atoms with Gasteiger partial charge in [-0.3, -0.25) is 4.79 Å². The summed E-state index contributed by atoms with van der Waals surface area (Å²) in [7, 11) is 1.72. The van der Waals surface area contributed by atoms with Crippen LogP contribution < -0.4 is 5.32 Å². The minimum atomic E-state index is 0.162. The highest BCUT2D eigenvalue weighted by atomic mass is 16.5. The molecule has 2 aliphatic rings. The third kappa shape index (κ3) is 2.52. The van der Waals surface area contributed by atoms with Gasteiger partial charge in [0.2, 0.25) is 0 Å². The van der Waals surface area contributed by atoms with Crippen molar-refractivity contribution in [2.75, 3.05) is 38.7 Å². The molecule has 0 aromatic heterocycles. The molecule has 3 rings (SSSR count). The molecule has 0 spiro atoms. The van der Waals surface area contributed by atoms with E-state index < -0.39 is 0 Å². The van der Waals surface area contributed by atoms with Crippen LogP contribution >= 0.6 is 0 Å². The zero-order valence-corrected chi connectivity index (χ0v) is 12.0. The van der Waals surface area contributed by atoms with E-state index in [0.29, 0.717) is 5.92 Å². The molecule has 0 radical (unpaired) electrons. The number of nitrogens with one attached hydrogen (secondary N) is 1. The summed E-state index contributed by atoms with van der Waals surface area (Å²) in [5.41, 5.74) is 3.16. The summed E-state index contributed by atoms with van der Waals surface area (Å²) in [6.07, 6.45) is 3.25. The van der Waals surface area contributed by atoms with Crippen LogP contribution in [0.4, 0.5) is 5.69 Å². The topological polar surface area (TPSA) is 41.6 Å². The lowest BCUT2D eigenvalue weighted by Gasteiger charge is -2.23. The van der Waals surface area contributed by atoms with Gasteiger partial charge in [0, 0.05) is 32.7 Å². The normalized spacial score (nSPS) is 21.4. The Bertz CT molecular complexity index is 501. The Morgan fingerprint density at radius 1 is 1.50 bits per heavy atom. The number of carbonyl (C=O) groups is 1. The molecular weight excluding hydrogens is 252 g/mol. The number of rotatable bonds is 3. The summed E-state index contributed by atoms with van der Waals surface area (Å²) >= 11 is 0. The van der Waals surface area contributed by atoms with Gasteiger partial charge in [0.1, 0.15) is 0 Å². The van der Waals surface area contributed by atoms with Gasteiger partial charge in [-0.1, -0.05) is 12.1 Å². The Balaban J connectivity index is 1.78. The summed E-state index contributed by atoms with van der Waals surface area (Å²) in [5, 5.41) is 3.40. The lowest BCUT2D eigenvalue weighted by Crippen LogP contribution is -2.30. The molecule has 4 heteroatoms. The maximum atomic E-state index is 12.7. The number of anilines is 1. The molecule has 0 bridgehead atoms. The number of carbonyl (C=O) groups excluding carboxylic acids is 1. The molecule has 0 saturated carbocycles. The minimum Gasteiger partial charge on any atom is -0.384 e. The first-order chi connectivity index (χ1) is 9.79. The second-order valence-corrected chi connectivity index (χ2v) is 5.73. The molecule has 2 heterocycles. The summed E-state index contributed by atoms with van der Waals surface area (Å²) in [4.78, 5) is 14.7. The minimum absolute atomic E-state index is 0.162. The fraction of sp³-hybridized carbons (Fsp3) is 0.562. The van der Waals surface area contributed by atoms with Gasteiger partial charge in [-0.15, -0.1) is 0 Å². The van der Waals surface area contributed by atoms with Crippen LogP contribution in [-0.2, 0) is 11.2 Å². The van der Waals surface area contributed by atoms with Crippen LogP contribution in [-0.4, -0.2) is 44.2 Å². The molecule has 1 amide bonds. The molecule has 1 fully saturated rings. The maximum absolute atomic E-state index is 12.7. The van der Waals surface area contributed by atoms with E-state index in [1.807, 2.05) is 17.0 Å². The van der Waals surface area contributed by atoms with Gasteiger partial charge < -0.3 is 15.0 Å². The quantitative estimate of drug-likeness (QED) is 0.918. The number of hydrogen-bond acceptors (Lipinski definition) is 3. The highest BCUT2D eigenvalue weighted by Crippen LogP contribution is 2.28. The van der Waals surface area contributed by atoms with Gasteiger partial charge in [-0.2, -0.15) is 0 Å². The molecule has 108 valence electrons. The standard InChI is InChI=1S/C16H22N2O2/c1-20-11-12-7-9-18(10-12)16(19)14-6-2-4-13-5-3-8-17-15(13)14/h2,4,6,12,17H,3,5,7-11H2,1H3. The number of aryl methyl sites for hydroxylation is 1. The van der Waals surface area contributed by atoms with Crippen molar-refractivity contribution >= 4 is 11.6 Å². The predicted octanol–water partition coefficient (Wildman–Crippen LogP) is 2.15. The predicted molar refractivity (Wildman–Crippen MR) is 79.1 cm³/mol. The van der Waals surface area contributed by atoms with Gasteiger partial charge in [-0.05, 0) is 30.9 Å². The van der Waals surface area contributed by atoms with E-state index in [-0.39, 0.29) is 5.91 Å². The molecule has 20 heavy (non-hydrogen) atoms. The SMILES string of the molecule is COCC1CCN(C(=O)c2cccc3c2NCCC3)C1. The second-order valence-electron chi connectivity index (χ2n) is 5.73. The van der Waals surface area contributed by atoms with Crippen molar-refractivity contribution in [2.45, 2.75) is 19.3 Å². The van der Waals surface area contributed by atoms with Crippen molar-refractivity contribution in [2.24, 2.45) is 5.92 Å². The monoisotopic (exact) mass is 274 g/mol. The third-order valence-corrected chi connectivity index (χ3v) is 4.28. The van der Waals surface area contributed by atoms with Crippen molar-refractivity contribution in [3.05, 3.63) is 29.3 Å². The van der Waals surface area contributed by atoms with Gasteiger partial charge in [-0.25, -0.2) is 0 Å². The summed E-state index contributed by atoms with van der Waals surface area (Å²) in [6, 6.07) is 6.07. The highest BCUT2D eigenvalue weighted by molar-refractivity contribution is 6.00. The number of fused-ring (bicyclic) bond motifs is 1. The number of amides is 1. The lowest BCUT2D eigenvalue weighted by atomic mass is 9.99. The molecule has 0 aliphatic carbocycles. The number of para-hydroxylation sites is 1. The molecule has 1 N–H and O–H groups in total. The fourth-order valence-electron chi connectivity index (χ4n) is 3.25. The number of likely N-dealkylation sites (tertiary alicyclic amines) is 1. The Hall–Kier alpha value is -1.55. The first-order valence-electron chi connectivity index (χ1n) is 7.43. The smallest absolute Gasteiger partial charge is 0.255 e. The van der Waals surface area contributed by atoms with Crippen molar-refractivity contribution in [1.82, 2.24) is 4.90 Å². The summed E-state index contributed by atoms with van der Waals surface area (Å²) in [5.74, 6) is 0.645. The molecule has 4 nitrogen and oxygen atoms in total. The molecule has 1 aromatic carbocycles. The van der Waals surface area contributed by atoms with E-state index in [0.717, 1.165) is 56.8 Å². The van der Waals surface area contributed by atoms with Crippen molar-refractivity contribution in [1.29, 1.82) is 0 Å². The van der Waals surface area contributed by atoms with Crippen LogP contribution in [0.25, 0.3) is 0 Å². The molecule has 1 saturated heterocycles. The molecule has 1 atom stereocenters. The van der Waals surface area contributed by atoms with Crippen LogP contribution in [0.15, 0.2) is 18.2 Å². The van der Waals surface area contributed by atoms with Crippen LogP contribution in [0.5, 0.6) is 0 Å². The van der Waals surface area contributed by atoms with Gasteiger partial charge in [0.25, 0.3) is 5.91 Å². The van der Waals surface area contributed by atoms with Gasteiger partial charge >= 0.3 is 0 Å². The Kier molecular flexibility index (Phi) is 3.92.